The first-order valence-electron chi connectivity index (χ1n) is 8.02. The molecule has 0 radical (unpaired) electrons. The number of carbonyl (C=O) groups excluding carboxylic acids is 1. The Bertz CT molecular complexity index is 787. The third-order valence-corrected chi connectivity index (χ3v) is 4.42. The van der Waals surface area contributed by atoms with Gasteiger partial charge in [-0.25, -0.2) is 9.37 Å². The summed E-state index contributed by atoms with van der Waals surface area (Å²) in [5.41, 5.74) is 0.0761. The van der Waals surface area contributed by atoms with Crippen LogP contribution in [0.15, 0.2) is 23.0 Å². The number of aromatic nitrogens is 2. The Morgan fingerprint density at radius 1 is 1.43 bits per heavy atom. The third kappa shape index (κ3) is 3.41. The standard InChI is InChI=1S/C17H20FN3O2/c1-11-4-2-3-9-21(11)16(22)8-7-15-19-14-6-5-12(18)10-13(14)17(23)20-15/h5-6,10-11H,2-4,7-9H2,1H3,(H,19,20,23)/t11-/m0/s1. The highest BCUT2D eigenvalue weighted by molar-refractivity contribution is 5.78. The van der Waals surface area contributed by atoms with Crippen molar-refractivity contribution in [3.05, 3.63) is 40.2 Å². The van der Waals surface area contributed by atoms with Gasteiger partial charge in [0.25, 0.3) is 5.56 Å². The van der Waals surface area contributed by atoms with E-state index in [9.17, 15) is 14.0 Å². The van der Waals surface area contributed by atoms with Gasteiger partial charge in [-0.15, -0.1) is 0 Å². The summed E-state index contributed by atoms with van der Waals surface area (Å²) >= 11 is 0. The van der Waals surface area contributed by atoms with Gasteiger partial charge in [-0.3, -0.25) is 9.59 Å². The second kappa shape index (κ2) is 6.48. The summed E-state index contributed by atoms with van der Waals surface area (Å²) in [4.78, 5) is 33.2. The monoisotopic (exact) mass is 317 g/mol. The maximum absolute atomic E-state index is 13.2. The fourth-order valence-corrected chi connectivity index (χ4v) is 3.12. The Kier molecular flexibility index (Phi) is 4.41. The van der Waals surface area contributed by atoms with E-state index in [0.717, 1.165) is 19.4 Å². The van der Waals surface area contributed by atoms with Crippen molar-refractivity contribution >= 4 is 16.8 Å². The number of fused-ring (bicyclic) bond motifs is 1. The first kappa shape index (κ1) is 15.6. The molecule has 0 saturated carbocycles. The molecule has 3 rings (SSSR count). The second-order valence-corrected chi connectivity index (χ2v) is 6.11. The van der Waals surface area contributed by atoms with Gasteiger partial charge >= 0.3 is 0 Å². The van der Waals surface area contributed by atoms with Gasteiger partial charge in [0.15, 0.2) is 0 Å². The fraction of sp³-hybridized carbons (Fsp3) is 0.471. The number of carbonyl (C=O) groups is 1. The number of hydrogen-bond donors (Lipinski definition) is 1. The van der Waals surface area contributed by atoms with Gasteiger partial charge in [0, 0.05) is 25.4 Å². The molecule has 0 aliphatic carbocycles. The average molecular weight is 317 g/mol. The minimum absolute atomic E-state index is 0.0963. The highest BCUT2D eigenvalue weighted by atomic mass is 19.1. The maximum Gasteiger partial charge on any atom is 0.258 e. The molecule has 1 N–H and O–H groups in total. The largest absolute Gasteiger partial charge is 0.340 e. The number of nitrogens with zero attached hydrogens (tertiary/aromatic N) is 2. The van der Waals surface area contributed by atoms with Crippen LogP contribution in [-0.2, 0) is 11.2 Å². The summed E-state index contributed by atoms with van der Waals surface area (Å²) < 4.78 is 13.2. The van der Waals surface area contributed by atoms with Crippen LogP contribution < -0.4 is 5.56 Å². The van der Waals surface area contributed by atoms with Gasteiger partial charge in [0.2, 0.25) is 5.91 Å². The molecular weight excluding hydrogens is 297 g/mol. The minimum atomic E-state index is -0.466. The summed E-state index contributed by atoms with van der Waals surface area (Å²) in [6, 6.07) is 4.21. The highest BCUT2D eigenvalue weighted by Gasteiger charge is 2.22. The van der Waals surface area contributed by atoms with Crippen molar-refractivity contribution in [2.45, 2.75) is 45.1 Å². The van der Waals surface area contributed by atoms with Crippen LogP contribution in [0.25, 0.3) is 10.9 Å². The number of benzene rings is 1. The lowest BCUT2D eigenvalue weighted by Gasteiger charge is -2.33. The molecule has 2 heterocycles. The van der Waals surface area contributed by atoms with E-state index in [0.29, 0.717) is 24.2 Å². The summed E-state index contributed by atoms with van der Waals surface area (Å²) in [6.45, 7) is 2.88. The maximum atomic E-state index is 13.2. The first-order valence-corrected chi connectivity index (χ1v) is 8.02. The Morgan fingerprint density at radius 2 is 2.26 bits per heavy atom. The van der Waals surface area contributed by atoms with Crippen LogP contribution in [0.2, 0.25) is 0 Å². The number of likely N-dealkylation sites (tertiary alicyclic amines) is 1. The predicted molar refractivity (Wildman–Crippen MR) is 85.7 cm³/mol. The van der Waals surface area contributed by atoms with Gasteiger partial charge in [-0.1, -0.05) is 0 Å². The Labute approximate surface area is 133 Å². The molecule has 1 amide bonds. The van der Waals surface area contributed by atoms with Crippen molar-refractivity contribution in [1.29, 1.82) is 0 Å². The van der Waals surface area contributed by atoms with Crippen molar-refractivity contribution in [2.24, 2.45) is 0 Å². The quantitative estimate of drug-likeness (QED) is 0.945. The van der Waals surface area contributed by atoms with Crippen LogP contribution in [0.1, 0.15) is 38.4 Å². The molecule has 2 aromatic rings. The topological polar surface area (TPSA) is 66.1 Å². The smallest absolute Gasteiger partial charge is 0.258 e. The van der Waals surface area contributed by atoms with Gasteiger partial charge in [-0.2, -0.15) is 0 Å². The number of aryl methyl sites for hydroxylation is 1. The zero-order valence-corrected chi connectivity index (χ0v) is 13.1. The van der Waals surface area contributed by atoms with Gasteiger partial charge in [0.1, 0.15) is 11.6 Å². The number of nitrogens with one attached hydrogen (secondary N) is 1. The van der Waals surface area contributed by atoms with Crippen LogP contribution in [0.4, 0.5) is 4.39 Å². The Balaban J connectivity index is 1.73. The van der Waals surface area contributed by atoms with E-state index in [4.69, 9.17) is 0 Å². The summed E-state index contributed by atoms with van der Waals surface area (Å²) in [5, 5.41) is 0.227. The van der Waals surface area contributed by atoms with Crippen molar-refractivity contribution in [1.82, 2.24) is 14.9 Å². The number of halogens is 1. The van der Waals surface area contributed by atoms with E-state index < -0.39 is 5.82 Å². The number of rotatable bonds is 3. The van der Waals surface area contributed by atoms with Crippen LogP contribution >= 0.6 is 0 Å². The van der Waals surface area contributed by atoms with Gasteiger partial charge < -0.3 is 9.88 Å². The number of aromatic amines is 1. The fourth-order valence-electron chi connectivity index (χ4n) is 3.12. The molecule has 5 nitrogen and oxygen atoms in total. The second-order valence-electron chi connectivity index (χ2n) is 6.11. The van der Waals surface area contributed by atoms with Crippen LogP contribution in [0.3, 0.4) is 0 Å². The molecule has 1 aromatic heterocycles. The molecule has 0 spiro atoms. The SMILES string of the molecule is C[C@H]1CCCCN1C(=O)CCc1nc2ccc(F)cc2c(=O)[nH]1. The van der Waals surface area contributed by atoms with E-state index in [-0.39, 0.29) is 22.9 Å². The van der Waals surface area contributed by atoms with E-state index in [1.54, 1.807) is 0 Å². The zero-order valence-electron chi connectivity index (χ0n) is 13.1. The van der Waals surface area contributed by atoms with Gasteiger partial charge in [0.05, 0.1) is 10.9 Å². The van der Waals surface area contributed by atoms with Crippen molar-refractivity contribution in [3.63, 3.8) is 0 Å². The molecule has 6 heteroatoms. The first-order chi connectivity index (χ1) is 11.0. The van der Waals surface area contributed by atoms with Crippen molar-refractivity contribution in [2.75, 3.05) is 6.54 Å². The van der Waals surface area contributed by atoms with E-state index >= 15 is 0 Å². The molecule has 23 heavy (non-hydrogen) atoms. The third-order valence-electron chi connectivity index (χ3n) is 4.42. The number of amides is 1. The molecule has 1 aliphatic rings. The summed E-state index contributed by atoms with van der Waals surface area (Å²) in [5.74, 6) is 0.0954. The lowest BCUT2D eigenvalue weighted by atomic mass is 10.0. The highest BCUT2D eigenvalue weighted by Crippen LogP contribution is 2.18. The molecule has 1 saturated heterocycles. The molecule has 1 aromatic carbocycles. The van der Waals surface area contributed by atoms with E-state index in [1.807, 2.05) is 4.90 Å². The van der Waals surface area contributed by atoms with Gasteiger partial charge in [-0.05, 0) is 44.4 Å². The Morgan fingerprint density at radius 3 is 3.04 bits per heavy atom. The number of hydrogen-bond acceptors (Lipinski definition) is 3. The molecule has 1 aliphatic heterocycles. The average Bonchev–Trinajstić information content (AvgIpc) is 2.54. The normalized spacial score (nSPS) is 18.3. The van der Waals surface area contributed by atoms with E-state index in [1.165, 1.54) is 24.6 Å². The molecule has 0 unspecified atom stereocenters. The molecule has 1 fully saturated rings. The minimum Gasteiger partial charge on any atom is -0.340 e. The number of H-pyrrole nitrogens is 1. The van der Waals surface area contributed by atoms with Crippen molar-refractivity contribution in [3.8, 4) is 0 Å². The lowest BCUT2D eigenvalue weighted by molar-refractivity contribution is -0.134. The molecular formula is C17H20FN3O2. The van der Waals surface area contributed by atoms with Crippen molar-refractivity contribution < 1.29 is 9.18 Å². The summed E-state index contributed by atoms with van der Waals surface area (Å²) in [6.07, 6.45) is 3.96. The number of piperidine rings is 1. The zero-order chi connectivity index (χ0) is 16.4. The van der Waals surface area contributed by atoms with Crippen LogP contribution in [0, 0.1) is 5.82 Å². The Hall–Kier alpha value is -2.24. The van der Waals surface area contributed by atoms with Crippen LogP contribution in [-0.4, -0.2) is 33.4 Å². The van der Waals surface area contributed by atoms with E-state index in [2.05, 4.69) is 16.9 Å². The lowest BCUT2D eigenvalue weighted by Crippen LogP contribution is -2.42. The van der Waals surface area contributed by atoms with Crippen LogP contribution in [0.5, 0.6) is 0 Å². The predicted octanol–water partition coefficient (Wildman–Crippen LogP) is 2.40. The molecule has 122 valence electrons. The summed E-state index contributed by atoms with van der Waals surface area (Å²) in [7, 11) is 0. The molecule has 1 atom stereocenters. The molecule has 0 bridgehead atoms.